The molecule has 0 aliphatic carbocycles. The van der Waals surface area contributed by atoms with Crippen LogP contribution >= 0.6 is 0 Å². The molecule has 0 bridgehead atoms. The number of hydrogen-bond donors (Lipinski definition) is 0. The molecule has 5 rings (SSSR count). The van der Waals surface area contributed by atoms with E-state index in [-0.39, 0.29) is 17.2 Å². The molecule has 0 saturated carbocycles. The molecular formula is C30H32N2O4. The Labute approximate surface area is 212 Å². The second kappa shape index (κ2) is 9.43. The van der Waals surface area contributed by atoms with E-state index in [1.165, 1.54) is 10.5 Å². The number of ether oxygens (including phenoxy) is 1. The van der Waals surface area contributed by atoms with Crippen molar-refractivity contribution in [2.75, 3.05) is 16.6 Å². The quantitative estimate of drug-likeness (QED) is 0.413. The minimum atomic E-state index is -0.888. The summed E-state index contributed by atoms with van der Waals surface area (Å²) in [7, 11) is 0. The summed E-state index contributed by atoms with van der Waals surface area (Å²) in [6, 6.07) is 24.6. The van der Waals surface area contributed by atoms with Gasteiger partial charge in [-0.25, -0.2) is 9.96 Å². The van der Waals surface area contributed by atoms with Crippen molar-refractivity contribution in [1.29, 1.82) is 0 Å². The maximum atomic E-state index is 13.8. The van der Waals surface area contributed by atoms with Crippen molar-refractivity contribution < 1.29 is 19.2 Å². The molecule has 6 heteroatoms. The minimum Gasteiger partial charge on any atom is -0.494 e. The molecule has 2 amide bonds. The molecule has 0 N–H and O–H groups in total. The second-order valence-electron chi connectivity index (χ2n) is 10.4. The number of hydrogen-bond acceptors (Lipinski definition) is 5. The van der Waals surface area contributed by atoms with Crippen LogP contribution in [0.4, 0.5) is 11.4 Å². The van der Waals surface area contributed by atoms with Crippen molar-refractivity contribution >= 4 is 23.2 Å². The fourth-order valence-corrected chi connectivity index (χ4v) is 4.90. The SMILES string of the molecule is CCCOc1ccc(N2C(=O)[C@H]3[C@H](ON(c4ccccc4)[C@@H]3c3ccc(C(C)(C)C)cc3)C2=O)cc1. The van der Waals surface area contributed by atoms with Gasteiger partial charge in [0.05, 0.1) is 24.0 Å². The summed E-state index contributed by atoms with van der Waals surface area (Å²) in [5.41, 5.74) is 3.48. The van der Waals surface area contributed by atoms with Gasteiger partial charge in [-0.1, -0.05) is 70.2 Å². The Morgan fingerprint density at radius 2 is 1.50 bits per heavy atom. The zero-order valence-corrected chi connectivity index (χ0v) is 21.2. The number of amides is 2. The van der Waals surface area contributed by atoms with Crippen molar-refractivity contribution in [3.63, 3.8) is 0 Å². The van der Waals surface area contributed by atoms with Gasteiger partial charge in [-0.2, -0.15) is 0 Å². The average molecular weight is 485 g/mol. The first-order valence-electron chi connectivity index (χ1n) is 12.5. The highest BCUT2D eigenvalue weighted by molar-refractivity contribution is 6.23. The lowest BCUT2D eigenvalue weighted by Crippen LogP contribution is -2.37. The number of para-hydroxylation sites is 1. The van der Waals surface area contributed by atoms with Crippen LogP contribution in [0.15, 0.2) is 78.9 Å². The van der Waals surface area contributed by atoms with E-state index in [1.807, 2.05) is 49.4 Å². The molecule has 2 fully saturated rings. The monoisotopic (exact) mass is 484 g/mol. The summed E-state index contributed by atoms with van der Waals surface area (Å²) in [5.74, 6) is -0.546. The van der Waals surface area contributed by atoms with Gasteiger partial charge in [0.2, 0.25) is 5.91 Å². The molecule has 0 radical (unpaired) electrons. The number of anilines is 2. The third-order valence-corrected chi connectivity index (χ3v) is 6.81. The van der Waals surface area contributed by atoms with E-state index in [0.29, 0.717) is 18.0 Å². The lowest BCUT2D eigenvalue weighted by molar-refractivity contribution is -0.126. The molecule has 186 valence electrons. The van der Waals surface area contributed by atoms with Crippen LogP contribution < -0.4 is 14.7 Å². The summed E-state index contributed by atoms with van der Waals surface area (Å²) in [5, 5.41) is 1.73. The number of hydroxylamine groups is 1. The number of fused-ring (bicyclic) bond motifs is 1. The van der Waals surface area contributed by atoms with Gasteiger partial charge in [-0.15, -0.1) is 0 Å². The van der Waals surface area contributed by atoms with Crippen molar-refractivity contribution in [1.82, 2.24) is 0 Å². The molecule has 0 aromatic heterocycles. The standard InChI is InChI=1S/C30H32N2O4/c1-5-19-35-24-17-15-22(16-18-24)31-28(33)25-26(20-11-13-21(14-12-20)30(2,3)4)32(36-27(25)29(31)34)23-9-7-6-8-10-23/h6-18,25-27H,5,19H2,1-4H3/t25-,26-,27+/m1/s1. The second-order valence-corrected chi connectivity index (χ2v) is 10.4. The van der Waals surface area contributed by atoms with E-state index in [9.17, 15) is 9.59 Å². The number of nitrogens with zero attached hydrogens (tertiary/aromatic N) is 2. The van der Waals surface area contributed by atoms with Gasteiger partial charge in [0.1, 0.15) is 11.7 Å². The van der Waals surface area contributed by atoms with Crippen LogP contribution in [-0.2, 0) is 19.8 Å². The Morgan fingerprint density at radius 3 is 2.11 bits per heavy atom. The van der Waals surface area contributed by atoms with Gasteiger partial charge >= 0.3 is 0 Å². The zero-order valence-electron chi connectivity index (χ0n) is 21.2. The summed E-state index contributed by atoms with van der Waals surface area (Å²) < 4.78 is 5.65. The first-order chi connectivity index (χ1) is 17.3. The first kappa shape index (κ1) is 24.1. The lowest BCUT2D eigenvalue weighted by atomic mass is 9.84. The Balaban J connectivity index is 1.50. The Morgan fingerprint density at radius 1 is 0.833 bits per heavy atom. The van der Waals surface area contributed by atoms with E-state index in [1.54, 1.807) is 29.3 Å². The predicted molar refractivity (Wildman–Crippen MR) is 140 cm³/mol. The smallest absolute Gasteiger partial charge is 0.266 e. The van der Waals surface area contributed by atoms with E-state index >= 15 is 0 Å². The molecule has 3 aromatic rings. The van der Waals surface area contributed by atoms with Gasteiger partial charge < -0.3 is 4.74 Å². The molecule has 0 spiro atoms. The highest BCUT2D eigenvalue weighted by Gasteiger charge is 2.60. The molecule has 2 aliphatic rings. The first-order valence-corrected chi connectivity index (χ1v) is 12.5. The van der Waals surface area contributed by atoms with Crippen LogP contribution in [0.2, 0.25) is 0 Å². The van der Waals surface area contributed by atoms with Crippen molar-refractivity contribution in [3.05, 3.63) is 90.0 Å². The zero-order chi connectivity index (χ0) is 25.4. The molecular weight excluding hydrogens is 452 g/mol. The maximum Gasteiger partial charge on any atom is 0.266 e. The van der Waals surface area contributed by atoms with Gasteiger partial charge in [-0.3, -0.25) is 14.4 Å². The summed E-state index contributed by atoms with van der Waals surface area (Å²) in [6.07, 6.45) is 0.0164. The molecule has 3 aromatic carbocycles. The predicted octanol–water partition coefficient (Wildman–Crippen LogP) is 5.82. The van der Waals surface area contributed by atoms with Gasteiger partial charge in [0, 0.05) is 0 Å². The molecule has 36 heavy (non-hydrogen) atoms. The summed E-state index contributed by atoms with van der Waals surface area (Å²) in [6.45, 7) is 9.16. The number of carbonyl (C=O) groups is 2. The molecule has 6 nitrogen and oxygen atoms in total. The number of carbonyl (C=O) groups excluding carboxylic acids is 2. The van der Waals surface area contributed by atoms with Gasteiger partial charge in [0.25, 0.3) is 5.91 Å². The van der Waals surface area contributed by atoms with Crippen LogP contribution in [0.1, 0.15) is 51.3 Å². The fourth-order valence-electron chi connectivity index (χ4n) is 4.90. The molecule has 3 atom stereocenters. The van der Waals surface area contributed by atoms with Crippen LogP contribution in [0.25, 0.3) is 0 Å². The van der Waals surface area contributed by atoms with Gasteiger partial charge in [-0.05, 0) is 59.4 Å². The molecule has 2 saturated heterocycles. The summed E-state index contributed by atoms with van der Waals surface area (Å²) in [4.78, 5) is 34.8. The molecule has 2 heterocycles. The minimum absolute atomic E-state index is 0.00923. The Hall–Kier alpha value is -3.64. The maximum absolute atomic E-state index is 13.8. The highest BCUT2D eigenvalue weighted by atomic mass is 16.7. The van der Waals surface area contributed by atoms with Crippen molar-refractivity contribution in [2.45, 2.75) is 51.7 Å². The number of rotatable bonds is 6. The van der Waals surface area contributed by atoms with Gasteiger partial charge in [0.15, 0.2) is 6.10 Å². The third-order valence-electron chi connectivity index (χ3n) is 6.81. The number of benzene rings is 3. The van der Waals surface area contributed by atoms with E-state index in [2.05, 4.69) is 32.9 Å². The normalized spacial score (nSPS) is 21.7. The largest absolute Gasteiger partial charge is 0.494 e. The Kier molecular flexibility index (Phi) is 6.31. The highest BCUT2D eigenvalue weighted by Crippen LogP contribution is 2.47. The fraction of sp³-hybridized carbons (Fsp3) is 0.333. The Bertz CT molecular complexity index is 1230. The van der Waals surface area contributed by atoms with Crippen LogP contribution in [0, 0.1) is 5.92 Å². The topological polar surface area (TPSA) is 59.1 Å². The van der Waals surface area contributed by atoms with E-state index in [0.717, 1.165) is 17.7 Å². The van der Waals surface area contributed by atoms with Crippen LogP contribution in [0.5, 0.6) is 5.75 Å². The van der Waals surface area contributed by atoms with Crippen LogP contribution in [0.3, 0.4) is 0 Å². The summed E-state index contributed by atoms with van der Waals surface area (Å²) >= 11 is 0. The average Bonchev–Trinajstić information content (AvgIpc) is 3.39. The molecule has 0 unspecified atom stereocenters. The molecule has 2 aliphatic heterocycles. The van der Waals surface area contributed by atoms with Crippen molar-refractivity contribution in [3.8, 4) is 5.75 Å². The number of imide groups is 1. The lowest BCUT2D eigenvalue weighted by Gasteiger charge is -2.29. The third kappa shape index (κ3) is 4.26. The van der Waals surface area contributed by atoms with E-state index < -0.39 is 18.1 Å². The van der Waals surface area contributed by atoms with Crippen LogP contribution in [-0.4, -0.2) is 24.5 Å². The van der Waals surface area contributed by atoms with E-state index in [4.69, 9.17) is 9.57 Å². The van der Waals surface area contributed by atoms with Crippen molar-refractivity contribution in [2.24, 2.45) is 5.92 Å².